The van der Waals surface area contributed by atoms with Crippen LogP contribution in [-0.4, -0.2) is 27.6 Å². The fourth-order valence-electron chi connectivity index (χ4n) is 1.97. The highest BCUT2D eigenvalue weighted by atomic mass is 16.5. The zero-order valence-corrected chi connectivity index (χ0v) is 13.1. The summed E-state index contributed by atoms with van der Waals surface area (Å²) in [5.41, 5.74) is 1.80. The second-order valence-corrected chi connectivity index (χ2v) is 5.01. The average molecular weight is 286 g/mol. The molecule has 2 rings (SSSR count). The van der Waals surface area contributed by atoms with Crippen LogP contribution in [0.25, 0.3) is 11.3 Å². The van der Waals surface area contributed by atoms with Gasteiger partial charge in [0.05, 0.1) is 18.0 Å². The molecule has 0 amide bonds. The summed E-state index contributed by atoms with van der Waals surface area (Å²) < 4.78 is 5.69. The van der Waals surface area contributed by atoms with Gasteiger partial charge in [-0.3, -0.25) is 4.98 Å². The van der Waals surface area contributed by atoms with E-state index in [1.54, 1.807) is 12.4 Å². The van der Waals surface area contributed by atoms with Gasteiger partial charge in [-0.1, -0.05) is 6.92 Å². The zero-order chi connectivity index (χ0) is 15.2. The molecule has 0 bridgehead atoms. The monoisotopic (exact) mass is 286 g/mol. The predicted octanol–water partition coefficient (Wildman–Crippen LogP) is 3.32. The van der Waals surface area contributed by atoms with E-state index in [1.165, 1.54) is 0 Å². The Labute approximate surface area is 125 Å². The minimum Gasteiger partial charge on any atom is -0.489 e. The Hall–Kier alpha value is -2.17. The van der Waals surface area contributed by atoms with Gasteiger partial charge < -0.3 is 10.1 Å². The lowest BCUT2D eigenvalue weighted by molar-refractivity contribution is 0.241. The van der Waals surface area contributed by atoms with Crippen molar-refractivity contribution in [3.05, 3.63) is 30.4 Å². The van der Waals surface area contributed by atoms with Gasteiger partial charge in [0.1, 0.15) is 17.4 Å². The number of hydrogen-bond acceptors (Lipinski definition) is 5. The van der Waals surface area contributed by atoms with Crippen LogP contribution in [0.4, 0.5) is 5.82 Å². The molecule has 21 heavy (non-hydrogen) atoms. The van der Waals surface area contributed by atoms with Crippen LogP contribution in [-0.2, 0) is 6.42 Å². The Bertz CT molecular complexity index is 599. The van der Waals surface area contributed by atoms with Gasteiger partial charge in [-0.05, 0) is 26.8 Å². The van der Waals surface area contributed by atoms with Crippen LogP contribution in [0.1, 0.15) is 33.5 Å². The SMILES string of the molecule is CCNc1cc(-c2cncc(OC(C)C)c2)nc(CC)n1. The number of nitrogens with one attached hydrogen (secondary N) is 1. The number of aromatic nitrogens is 3. The first kappa shape index (κ1) is 15.2. The van der Waals surface area contributed by atoms with Gasteiger partial charge in [-0.25, -0.2) is 9.97 Å². The molecule has 0 aliphatic rings. The highest BCUT2D eigenvalue weighted by Gasteiger charge is 2.08. The van der Waals surface area contributed by atoms with E-state index in [4.69, 9.17) is 4.74 Å². The molecule has 0 saturated heterocycles. The molecule has 0 aliphatic carbocycles. The summed E-state index contributed by atoms with van der Waals surface area (Å²) in [6, 6.07) is 3.91. The zero-order valence-electron chi connectivity index (χ0n) is 13.1. The standard InChI is InChI=1S/C16H22N4O/c1-5-15-19-14(8-16(20-15)18-6-2)12-7-13(10-17-9-12)21-11(3)4/h7-11H,5-6H2,1-4H3,(H,18,19,20). The van der Waals surface area contributed by atoms with Crippen LogP contribution in [0.5, 0.6) is 5.75 Å². The van der Waals surface area contributed by atoms with Gasteiger partial charge in [-0.15, -0.1) is 0 Å². The molecule has 0 aromatic carbocycles. The largest absolute Gasteiger partial charge is 0.489 e. The van der Waals surface area contributed by atoms with Crippen molar-refractivity contribution in [2.45, 2.75) is 40.2 Å². The Morgan fingerprint density at radius 3 is 2.62 bits per heavy atom. The number of pyridine rings is 1. The van der Waals surface area contributed by atoms with Crippen LogP contribution in [0.2, 0.25) is 0 Å². The third-order valence-electron chi connectivity index (χ3n) is 2.83. The fraction of sp³-hybridized carbons (Fsp3) is 0.438. The van der Waals surface area contributed by atoms with Gasteiger partial charge in [0, 0.05) is 30.8 Å². The highest BCUT2D eigenvalue weighted by Crippen LogP contribution is 2.23. The summed E-state index contributed by atoms with van der Waals surface area (Å²) in [7, 11) is 0. The molecule has 112 valence electrons. The molecule has 0 spiro atoms. The molecular weight excluding hydrogens is 264 g/mol. The number of anilines is 1. The van der Waals surface area contributed by atoms with E-state index in [-0.39, 0.29) is 6.10 Å². The molecule has 5 nitrogen and oxygen atoms in total. The molecule has 2 aromatic heterocycles. The average Bonchev–Trinajstić information content (AvgIpc) is 2.47. The lowest BCUT2D eigenvalue weighted by Gasteiger charge is -2.11. The molecule has 0 unspecified atom stereocenters. The number of ether oxygens (including phenoxy) is 1. The van der Waals surface area contributed by atoms with Crippen LogP contribution in [0.3, 0.4) is 0 Å². The van der Waals surface area contributed by atoms with Crippen molar-refractivity contribution < 1.29 is 4.74 Å². The quantitative estimate of drug-likeness (QED) is 0.882. The van der Waals surface area contributed by atoms with Gasteiger partial charge >= 0.3 is 0 Å². The second kappa shape index (κ2) is 7.02. The molecule has 0 fully saturated rings. The Balaban J connectivity index is 2.38. The molecule has 0 atom stereocenters. The van der Waals surface area contributed by atoms with Gasteiger partial charge in [0.15, 0.2) is 0 Å². The van der Waals surface area contributed by atoms with Crippen molar-refractivity contribution in [2.24, 2.45) is 0 Å². The normalized spacial score (nSPS) is 10.7. The van der Waals surface area contributed by atoms with E-state index in [2.05, 4.69) is 20.3 Å². The lowest BCUT2D eigenvalue weighted by Crippen LogP contribution is -2.06. The molecule has 0 radical (unpaired) electrons. The molecule has 5 heteroatoms. The van der Waals surface area contributed by atoms with Gasteiger partial charge in [0.2, 0.25) is 0 Å². The summed E-state index contributed by atoms with van der Waals surface area (Å²) in [5.74, 6) is 2.41. The Morgan fingerprint density at radius 2 is 1.95 bits per heavy atom. The van der Waals surface area contributed by atoms with Crippen molar-refractivity contribution in [3.63, 3.8) is 0 Å². The van der Waals surface area contributed by atoms with Crippen LogP contribution in [0.15, 0.2) is 24.5 Å². The van der Waals surface area contributed by atoms with E-state index < -0.39 is 0 Å². The van der Waals surface area contributed by atoms with Crippen molar-refractivity contribution in [1.29, 1.82) is 0 Å². The Kier molecular flexibility index (Phi) is 5.09. The molecule has 2 heterocycles. The number of nitrogens with zero attached hydrogens (tertiary/aromatic N) is 3. The summed E-state index contributed by atoms with van der Waals surface area (Å²) in [5, 5.41) is 3.24. The van der Waals surface area contributed by atoms with E-state index in [0.29, 0.717) is 0 Å². The van der Waals surface area contributed by atoms with Gasteiger partial charge in [0.25, 0.3) is 0 Å². The smallest absolute Gasteiger partial charge is 0.138 e. The van der Waals surface area contributed by atoms with E-state index in [1.807, 2.05) is 39.8 Å². The maximum Gasteiger partial charge on any atom is 0.138 e. The molecular formula is C16H22N4O. The Morgan fingerprint density at radius 1 is 1.14 bits per heavy atom. The number of aryl methyl sites for hydroxylation is 1. The molecule has 2 aromatic rings. The lowest BCUT2D eigenvalue weighted by atomic mass is 10.2. The van der Waals surface area contributed by atoms with Gasteiger partial charge in [-0.2, -0.15) is 0 Å². The summed E-state index contributed by atoms with van der Waals surface area (Å²) in [6.45, 7) is 8.91. The summed E-state index contributed by atoms with van der Waals surface area (Å²) >= 11 is 0. The highest BCUT2D eigenvalue weighted by molar-refractivity contribution is 5.63. The first-order chi connectivity index (χ1) is 10.1. The van der Waals surface area contributed by atoms with E-state index in [9.17, 15) is 0 Å². The maximum atomic E-state index is 5.69. The third kappa shape index (κ3) is 4.15. The maximum absolute atomic E-state index is 5.69. The summed E-state index contributed by atoms with van der Waals surface area (Å²) in [4.78, 5) is 13.3. The fourth-order valence-corrected chi connectivity index (χ4v) is 1.97. The molecule has 1 N–H and O–H groups in total. The first-order valence-corrected chi connectivity index (χ1v) is 7.36. The third-order valence-corrected chi connectivity index (χ3v) is 2.83. The van der Waals surface area contributed by atoms with Crippen molar-refractivity contribution in [2.75, 3.05) is 11.9 Å². The number of rotatable bonds is 6. The van der Waals surface area contributed by atoms with Crippen molar-refractivity contribution in [1.82, 2.24) is 15.0 Å². The summed E-state index contributed by atoms with van der Waals surface area (Å²) in [6.07, 6.45) is 4.43. The topological polar surface area (TPSA) is 59.9 Å². The molecule has 0 aliphatic heterocycles. The predicted molar refractivity (Wildman–Crippen MR) is 84.6 cm³/mol. The second-order valence-electron chi connectivity index (χ2n) is 5.01. The number of hydrogen-bond donors (Lipinski definition) is 1. The molecule has 0 saturated carbocycles. The van der Waals surface area contributed by atoms with Crippen molar-refractivity contribution in [3.8, 4) is 17.0 Å². The van der Waals surface area contributed by atoms with Crippen LogP contribution in [0, 0.1) is 0 Å². The first-order valence-electron chi connectivity index (χ1n) is 7.36. The van der Waals surface area contributed by atoms with Crippen LogP contribution >= 0.6 is 0 Å². The van der Waals surface area contributed by atoms with Crippen LogP contribution < -0.4 is 10.1 Å². The minimum absolute atomic E-state index is 0.121. The van der Waals surface area contributed by atoms with Crippen molar-refractivity contribution >= 4 is 5.82 Å². The minimum atomic E-state index is 0.121. The van der Waals surface area contributed by atoms with E-state index >= 15 is 0 Å². The van der Waals surface area contributed by atoms with E-state index in [0.717, 1.165) is 41.6 Å².